The van der Waals surface area contributed by atoms with Crippen LogP contribution in [0.15, 0.2) is 34.8 Å². The van der Waals surface area contributed by atoms with E-state index in [4.69, 9.17) is 19.2 Å². The topological polar surface area (TPSA) is 0 Å². The average Bonchev–Trinajstić information content (AvgIpc) is 2.82. The van der Waals surface area contributed by atoms with E-state index in [2.05, 4.69) is 15.9 Å². The molecular formula is C17H17Br. The van der Waals surface area contributed by atoms with Gasteiger partial charge < -0.3 is 0 Å². The lowest BCUT2D eigenvalue weighted by Gasteiger charge is -2.23. The fourth-order valence-corrected chi connectivity index (χ4v) is 2.65. The summed E-state index contributed by atoms with van der Waals surface area (Å²) >= 11 is 3.21. The van der Waals surface area contributed by atoms with E-state index in [0.717, 1.165) is 0 Å². The first-order valence-electron chi connectivity index (χ1n) is 12.2. The fourth-order valence-electron chi connectivity index (χ4n) is 2.29. The van der Waals surface area contributed by atoms with Crippen molar-refractivity contribution in [1.29, 1.82) is 0 Å². The molecule has 0 unspecified atom stereocenters. The zero-order valence-corrected chi connectivity index (χ0v) is 10.7. The monoisotopic (exact) mass is 314 g/mol. The van der Waals surface area contributed by atoms with Crippen LogP contribution in [-0.2, 0) is 5.41 Å². The molecule has 1 aliphatic rings. The molecule has 0 saturated carbocycles. The van der Waals surface area contributed by atoms with Crippen LogP contribution >= 0.6 is 15.9 Å². The van der Waals surface area contributed by atoms with E-state index in [1.165, 1.54) is 18.2 Å². The molecule has 0 atom stereocenters. The third-order valence-electron chi connectivity index (χ3n) is 3.03. The van der Waals surface area contributed by atoms with Crippen LogP contribution in [-0.4, -0.2) is 0 Å². The van der Waals surface area contributed by atoms with Crippen LogP contribution in [0.4, 0.5) is 0 Å². The van der Waals surface area contributed by atoms with Gasteiger partial charge in [0.15, 0.2) is 0 Å². The number of fused-ring (bicyclic) bond motifs is 3. The third kappa shape index (κ3) is 1.50. The van der Waals surface area contributed by atoms with Crippen molar-refractivity contribution >= 4 is 15.9 Å². The SMILES string of the molecule is [2H]c1c2c(c(C([2H])([2H])[2H])c([2H])c1C([2H])([2H])[2H])C(C([2H])([2H])[2H])(C([2H])([2H])[2H])c1ccc(Br)cc1-2. The van der Waals surface area contributed by atoms with Crippen LogP contribution in [0.2, 0.25) is 0 Å². The second kappa shape index (κ2) is 3.71. The van der Waals surface area contributed by atoms with Crippen molar-refractivity contribution in [2.75, 3.05) is 0 Å². The van der Waals surface area contributed by atoms with Crippen LogP contribution in [0.3, 0.4) is 0 Å². The highest BCUT2D eigenvalue weighted by atomic mass is 79.9. The quantitative estimate of drug-likeness (QED) is 0.613. The minimum atomic E-state index is -3.33. The van der Waals surface area contributed by atoms with Gasteiger partial charge in [-0.1, -0.05) is 53.3 Å². The lowest BCUT2D eigenvalue weighted by molar-refractivity contribution is 0.655. The first-order chi connectivity index (χ1) is 14.2. The first kappa shape index (κ1) is 3.96. The standard InChI is InChI=1S/C17H17Br/c1-10-7-11(2)16-14(8-10)13-9-12(18)5-6-15(13)17(16,3)4/h5-9H,1-4H3/i1D3,2D3,3D3,4D3,7D,8D. The minimum absolute atomic E-state index is 0.0670. The summed E-state index contributed by atoms with van der Waals surface area (Å²) in [6.07, 6.45) is 0. The summed E-state index contributed by atoms with van der Waals surface area (Å²) in [5.74, 6) is 0. The zero-order valence-electron chi connectivity index (χ0n) is 23.1. The number of hydrogen-bond donors (Lipinski definition) is 0. The molecule has 1 heteroatoms. The Hall–Kier alpha value is -1.08. The fraction of sp³-hybridized carbons (Fsp3) is 0.294. The van der Waals surface area contributed by atoms with Gasteiger partial charge in [0.25, 0.3) is 0 Å². The van der Waals surface area contributed by atoms with Gasteiger partial charge in [0, 0.05) is 26.3 Å². The van der Waals surface area contributed by atoms with Crippen LogP contribution < -0.4 is 0 Å². The van der Waals surface area contributed by atoms with Gasteiger partial charge in [-0.15, -0.1) is 0 Å². The normalized spacial score (nSPS) is 29.6. The van der Waals surface area contributed by atoms with E-state index < -0.39 is 67.2 Å². The maximum absolute atomic E-state index is 8.57. The van der Waals surface area contributed by atoms with Crippen molar-refractivity contribution in [1.82, 2.24) is 0 Å². The predicted octanol–water partition coefficient (Wildman–Crippen LogP) is 5.37. The molecule has 0 amide bonds. The second-order valence-corrected chi connectivity index (χ2v) is 5.11. The summed E-state index contributed by atoms with van der Waals surface area (Å²) in [6.45, 7) is -12.9. The van der Waals surface area contributed by atoms with E-state index in [1.54, 1.807) is 0 Å². The van der Waals surface area contributed by atoms with E-state index in [1.807, 2.05) is 0 Å². The third-order valence-corrected chi connectivity index (χ3v) is 3.52. The van der Waals surface area contributed by atoms with Crippen molar-refractivity contribution in [3.8, 4) is 11.1 Å². The molecule has 1 aliphatic carbocycles. The summed E-state index contributed by atoms with van der Waals surface area (Å²) in [6, 6.07) is 2.09. The van der Waals surface area contributed by atoms with Crippen molar-refractivity contribution in [2.24, 2.45) is 0 Å². The molecule has 0 radical (unpaired) electrons. The van der Waals surface area contributed by atoms with Gasteiger partial charge in [0.1, 0.15) is 0 Å². The van der Waals surface area contributed by atoms with Crippen LogP contribution in [0.5, 0.6) is 0 Å². The highest BCUT2D eigenvalue weighted by Gasteiger charge is 2.36. The van der Waals surface area contributed by atoms with Gasteiger partial charge in [0.2, 0.25) is 0 Å². The molecule has 0 heterocycles. The smallest absolute Gasteiger partial charge is 0.0564 e. The van der Waals surface area contributed by atoms with Gasteiger partial charge in [-0.2, -0.15) is 0 Å². The molecular weight excluding hydrogens is 284 g/mol. The van der Waals surface area contributed by atoms with Crippen LogP contribution in [0, 0.1) is 13.7 Å². The maximum Gasteiger partial charge on any atom is 0.0632 e. The predicted molar refractivity (Wildman–Crippen MR) is 81.2 cm³/mol. The molecule has 18 heavy (non-hydrogen) atoms. The number of rotatable bonds is 0. The number of benzene rings is 2. The summed E-state index contributed by atoms with van der Waals surface area (Å²) in [5, 5.41) is 0. The molecule has 0 aromatic heterocycles. The van der Waals surface area contributed by atoms with Crippen molar-refractivity contribution in [3.63, 3.8) is 0 Å². The molecule has 0 aliphatic heterocycles. The van der Waals surface area contributed by atoms with E-state index in [0.29, 0.717) is 4.47 Å². The Balaban J connectivity index is 2.80. The lowest BCUT2D eigenvalue weighted by atomic mass is 9.80. The summed E-state index contributed by atoms with van der Waals surface area (Å²) in [7, 11) is 0. The molecule has 2 aromatic carbocycles. The molecule has 0 nitrogen and oxygen atoms in total. The minimum Gasteiger partial charge on any atom is -0.0564 e. The molecule has 0 bridgehead atoms. The highest BCUT2D eigenvalue weighted by Crippen LogP contribution is 2.50. The second-order valence-electron chi connectivity index (χ2n) is 4.19. The van der Waals surface area contributed by atoms with Gasteiger partial charge in [-0.3, -0.25) is 0 Å². The Morgan fingerprint density at radius 3 is 2.78 bits per heavy atom. The lowest BCUT2D eigenvalue weighted by Crippen LogP contribution is -2.16. The zero-order chi connectivity index (χ0) is 24.8. The summed E-state index contributed by atoms with van der Waals surface area (Å²) in [4.78, 5) is 0. The first-order valence-corrected chi connectivity index (χ1v) is 5.97. The molecule has 0 saturated heterocycles. The highest BCUT2D eigenvalue weighted by molar-refractivity contribution is 9.10. The van der Waals surface area contributed by atoms with Crippen molar-refractivity contribution < 1.29 is 19.2 Å². The van der Waals surface area contributed by atoms with Crippen molar-refractivity contribution in [2.45, 2.75) is 32.8 Å². The van der Waals surface area contributed by atoms with Crippen molar-refractivity contribution in [3.05, 3.63) is 57.0 Å². The Morgan fingerprint density at radius 1 is 1.17 bits per heavy atom. The van der Waals surface area contributed by atoms with Crippen LogP contribution in [0.25, 0.3) is 11.1 Å². The van der Waals surface area contributed by atoms with E-state index >= 15 is 0 Å². The van der Waals surface area contributed by atoms with Gasteiger partial charge >= 0.3 is 0 Å². The number of hydrogen-bond acceptors (Lipinski definition) is 0. The Kier molecular flexibility index (Phi) is 0.815. The van der Waals surface area contributed by atoms with E-state index in [9.17, 15) is 0 Å². The van der Waals surface area contributed by atoms with Crippen LogP contribution in [0.1, 0.15) is 55.1 Å². The molecule has 2 aromatic rings. The molecule has 92 valence electrons. The molecule has 3 rings (SSSR count). The summed E-state index contributed by atoms with van der Waals surface area (Å²) in [5.41, 5.74) is -6.20. The Labute approximate surface area is 137 Å². The Morgan fingerprint density at radius 2 is 2.06 bits per heavy atom. The largest absolute Gasteiger partial charge is 0.0632 e. The van der Waals surface area contributed by atoms with E-state index in [-0.39, 0.29) is 11.1 Å². The van der Waals surface area contributed by atoms with Gasteiger partial charge in [0.05, 0.1) is 2.74 Å². The number of halogens is 1. The van der Waals surface area contributed by atoms with Gasteiger partial charge in [-0.25, -0.2) is 0 Å². The Bertz CT molecular complexity index is 1090. The molecule has 0 N–H and O–H groups in total. The summed E-state index contributed by atoms with van der Waals surface area (Å²) < 4.78 is 114. The van der Waals surface area contributed by atoms with Gasteiger partial charge in [-0.05, 0) is 53.7 Å². The average molecular weight is 315 g/mol. The molecule has 0 fully saturated rings. The molecule has 0 spiro atoms. The maximum atomic E-state index is 8.57.